The molecule has 1 saturated carbocycles. The highest BCUT2D eigenvalue weighted by Crippen LogP contribution is 2.24. The average molecular weight is 242 g/mol. The maximum atomic E-state index is 12.0. The fraction of sp³-hybridized carbons (Fsp3) is 0.923. The maximum absolute atomic E-state index is 12.0. The first-order chi connectivity index (χ1) is 7.84. The van der Waals surface area contributed by atoms with Crippen LogP contribution >= 0.6 is 0 Å². The fourth-order valence-electron chi connectivity index (χ4n) is 2.49. The number of rotatable bonds is 5. The summed E-state index contributed by atoms with van der Waals surface area (Å²) in [6.07, 6.45) is 3.53. The van der Waals surface area contributed by atoms with E-state index in [4.69, 9.17) is 10.5 Å². The van der Waals surface area contributed by atoms with Gasteiger partial charge in [-0.25, -0.2) is 0 Å². The topological polar surface area (TPSA) is 64.3 Å². The molecule has 0 radical (unpaired) electrons. The Balaban J connectivity index is 2.36. The lowest BCUT2D eigenvalue weighted by Gasteiger charge is -2.27. The van der Waals surface area contributed by atoms with Crippen molar-refractivity contribution in [1.29, 1.82) is 0 Å². The highest BCUT2D eigenvalue weighted by molar-refractivity contribution is 5.79. The Morgan fingerprint density at radius 1 is 1.53 bits per heavy atom. The molecule has 0 saturated heterocycles. The fourth-order valence-corrected chi connectivity index (χ4v) is 2.49. The molecule has 17 heavy (non-hydrogen) atoms. The predicted octanol–water partition coefficient (Wildman–Crippen LogP) is 1.43. The Labute approximate surface area is 104 Å². The lowest BCUT2D eigenvalue weighted by atomic mass is 9.99. The van der Waals surface area contributed by atoms with E-state index in [-0.39, 0.29) is 29.5 Å². The van der Waals surface area contributed by atoms with Crippen molar-refractivity contribution in [1.82, 2.24) is 5.32 Å². The highest BCUT2D eigenvalue weighted by atomic mass is 16.5. The van der Waals surface area contributed by atoms with E-state index in [1.807, 2.05) is 20.8 Å². The van der Waals surface area contributed by atoms with Gasteiger partial charge in [-0.2, -0.15) is 0 Å². The van der Waals surface area contributed by atoms with Gasteiger partial charge in [0.25, 0.3) is 0 Å². The molecule has 4 heteroatoms. The molecule has 1 amide bonds. The van der Waals surface area contributed by atoms with Crippen LogP contribution in [0.4, 0.5) is 0 Å². The van der Waals surface area contributed by atoms with Crippen LogP contribution in [0.2, 0.25) is 0 Å². The summed E-state index contributed by atoms with van der Waals surface area (Å²) in [5.41, 5.74) is 5.62. The number of methoxy groups -OCH3 is 1. The Hall–Kier alpha value is -0.610. The zero-order valence-corrected chi connectivity index (χ0v) is 11.5. The van der Waals surface area contributed by atoms with Crippen LogP contribution in [-0.2, 0) is 9.53 Å². The van der Waals surface area contributed by atoms with E-state index < -0.39 is 0 Å². The van der Waals surface area contributed by atoms with Gasteiger partial charge in [0.15, 0.2) is 0 Å². The first kappa shape index (κ1) is 14.5. The van der Waals surface area contributed by atoms with E-state index in [9.17, 15) is 4.79 Å². The Morgan fingerprint density at radius 2 is 2.18 bits per heavy atom. The minimum Gasteiger partial charge on any atom is -0.379 e. The SMILES string of the molecule is COC(C)(C)CC(C)NC(=O)C1CCC(N)C1. The molecule has 0 aliphatic heterocycles. The van der Waals surface area contributed by atoms with E-state index >= 15 is 0 Å². The molecule has 1 rings (SSSR count). The number of hydrogen-bond donors (Lipinski definition) is 2. The predicted molar refractivity (Wildman–Crippen MR) is 68.6 cm³/mol. The van der Waals surface area contributed by atoms with E-state index in [0.717, 1.165) is 25.7 Å². The molecule has 100 valence electrons. The molecule has 0 aromatic rings. The van der Waals surface area contributed by atoms with Crippen LogP contribution in [-0.4, -0.2) is 30.7 Å². The summed E-state index contributed by atoms with van der Waals surface area (Å²) < 4.78 is 5.36. The van der Waals surface area contributed by atoms with Crippen molar-refractivity contribution in [2.24, 2.45) is 11.7 Å². The van der Waals surface area contributed by atoms with Gasteiger partial charge in [0, 0.05) is 25.1 Å². The van der Waals surface area contributed by atoms with Crippen LogP contribution in [0, 0.1) is 5.92 Å². The molecule has 0 aromatic carbocycles. The van der Waals surface area contributed by atoms with E-state index in [2.05, 4.69) is 5.32 Å². The van der Waals surface area contributed by atoms with Crippen LogP contribution in [0.3, 0.4) is 0 Å². The monoisotopic (exact) mass is 242 g/mol. The van der Waals surface area contributed by atoms with Crippen molar-refractivity contribution in [3.8, 4) is 0 Å². The third-order valence-corrected chi connectivity index (χ3v) is 3.58. The summed E-state index contributed by atoms with van der Waals surface area (Å²) in [5, 5.41) is 3.06. The number of carbonyl (C=O) groups excluding carboxylic acids is 1. The summed E-state index contributed by atoms with van der Waals surface area (Å²) in [4.78, 5) is 12.0. The van der Waals surface area contributed by atoms with Crippen LogP contribution in [0.5, 0.6) is 0 Å². The quantitative estimate of drug-likeness (QED) is 0.766. The number of carbonyl (C=O) groups is 1. The molecule has 4 nitrogen and oxygen atoms in total. The van der Waals surface area contributed by atoms with Gasteiger partial charge < -0.3 is 15.8 Å². The summed E-state index contributed by atoms with van der Waals surface area (Å²) in [6, 6.07) is 0.339. The minimum atomic E-state index is -0.196. The van der Waals surface area contributed by atoms with Crippen LogP contribution in [0.15, 0.2) is 0 Å². The number of nitrogens with one attached hydrogen (secondary N) is 1. The summed E-state index contributed by atoms with van der Waals surface area (Å²) in [6.45, 7) is 6.08. The Bertz CT molecular complexity index is 266. The molecule has 1 aliphatic carbocycles. The molecule has 0 heterocycles. The van der Waals surface area contributed by atoms with Gasteiger partial charge in [0.1, 0.15) is 0 Å². The molecule has 3 atom stereocenters. The van der Waals surface area contributed by atoms with Crippen LogP contribution in [0.1, 0.15) is 46.5 Å². The number of amides is 1. The molecular weight excluding hydrogens is 216 g/mol. The third-order valence-electron chi connectivity index (χ3n) is 3.58. The molecule has 3 N–H and O–H groups in total. The Kier molecular flexibility index (Phi) is 4.95. The van der Waals surface area contributed by atoms with Crippen molar-refractivity contribution in [3.05, 3.63) is 0 Å². The standard InChI is InChI=1S/C13H26N2O2/c1-9(8-13(2,3)17-4)15-12(16)10-5-6-11(14)7-10/h9-11H,5-8,14H2,1-4H3,(H,15,16). The van der Waals surface area contributed by atoms with Crippen LogP contribution < -0.4 is 11.1 Å². The first-order valence-electron chi connectivity index (χ1n) is 6.45. The van der Waals surface area contributed by atoms with E-state index in [1.54, 1.807) is 7.11 Å². The zero-order valence-electron chi connectivity index (χ0n) is 11.5. The van der Waals surface area contributed by atoms with Crippen molar-refractivity contribution in [2.45, 2.75) is 64.1 Å². The van der Waals surface area contributed by atoms with Crippen molar-refractivity contribution < 1.29 is 9.53 Å². The second kappa shape index (κ2) is 5.83. The molecule has 0 spiro atoms. The second-order valence-electron chi connectivity index (χ2n) is 5.85. The van der Waals surface area contributed by atoms with Gasteiger partial charge >= 0.3 is 0 Å². The molecule has 0 aromatic heterocycles. The van der Waals surface area contributed by atoms with Crippen molar-refractivity contribution in [3.63, 3.8) is 0 Å². The van der Waals surface area contributed by atoms with Crippen LogP contribution in [0.25, 0.3) is 0 Å². The summed E-state index contributed by atoms with van der Waals surface area (Å²) >= 11 is 0. The van der Waals surface area contributed by atoms with Gasteiger partial charge in [-0.05, 0) is 46.5 Å². The third kappa shape index (κ3) is 4.64. The number of ether oxygens (including phenoxy) is 1. The van der Waals surface area contributed by atoms with Crippen molar-refractivity contribution in [2.75, 3.05) is 7.11 Å². The lowest BCUT2D eigenvalue weighted by molar-refractivity contribution is -0.125. The normalized spacial score (nSPS) is 26.9. The zero-order chi connectivity index (χ0) is 13.1. The smallest absolute Gasteiger partial charge is 0.223 e. The van der Waals surface area contributed by atoms with Gasteiger partial charge in [0.05, 0.1) is 5.60 Å². The van der Waals surface area contributed by atoms with Gasteiger partial charge in [-0.3, -0.25) is 4.79 Å². The summed E-state index contributed by atoms with van der Waals surface area (Å²) in [5.74, 6) is 0.260. The molecule has 1 aliphatic rings. The number of nitrogens with two attached hydrogens (primary N) is 1. The second-order valence-corrected chi connectivity index (χ2v) is 5.85. The van der Waals surface area contributed by atoms with Gasteiger partial charge in [-0.1, -0.05) is 0 Å². The van der Waals surface area contributed by atoms with Gasteiger partial charge in [0.2, 0.25) is 5.91 Å². The largest absolute Gasteiger partial charge is 0.379 e. The number of hydrogen-bond acceptors (Lipinski definition) is 3. The van der Waals surface area contributed by atoms with E-state index in [0.29, 0.717) is 0 Å². The van der Waals surface area contributed by atoms with E-state index in [1.165, 1.54) is 0 Å². The minimum absolute atomic E-state index is 0.109. The molecule has 1 fully saturated rings. The average Bonchev–Trinajstić information content (AvgIpc) is 2.64. The highest BCUT2D eigenvalue weighted by Gasteiger charge is 2.29. The molecule has 0 bridgehead atoms. The Morgan fingerprint density at radius 3 is 2.65 bits per heavy atom. The lowest BCUT2D eigenvalue weighted by Crippen LogP contribution is -2.41. The van der Waals surface area contributed by atoms with Gasteiger partial charge in [-0.15, -0.1) is 0 Å². The molecule has 3 unspecified atom stereocenters. The maximum Gasteiger partial charge on any atom is 0.223 e. The molecular formula is C13H26N2O2. The van der Waals surface area contributed by atoms with Crippen molar-refractivity contribution >= 4 is 5.91 Å². The summed E-state index contributed by atoms with van der Waals surface area (Å²) in [7, 11) is 1.70. The first-order valence-corrected chi connectivity index (χ1v) is 6.45.